The zero-order valence-electron chi connectivity index (χ0n) is 19.6. The van der Waals surface area contributed by atoms with Crippen LogP contribution in [0.1, 0.15) is 60.3 Å². The zero-order valence-corrected chi connectivity index (χ0v) is 21.1. The minimum absolute atomic E-state index is 0.0138. The smallest absolute Gasteiger partial charge is 0.245 e. The molecule has 174 valence electrons. The summed E-state index contributed by atoms with van der Waals surface area (Å²) in [5, 5.41) is 0.618. The number of anilines is 1. The van der Waals surface area contributed by atoms with Crippen LogP contribution in [0.4, 0.5) is 5.82 Å². The van der Waals surface area contributed by atoms with Gasteiger partial charge in [-0.05, 0) is 36.3 Å². The van der Waals surface area contributed by atoms with Gasteiger partial charge in [0.1, 0.15) is 21.8 Å². The monoisotopic (exact) mass is 482 g/mol. The van der Waals surface area contributed by atoms with Crippen molar-refractivity contribution >= 4 is 44.9 Å². The summed E-state index contributed by atoms with van der Waals surface area (Å²) in [4.78, 5) is 29.9. The predicted molar refractivity (Wildman–Crippen MR) is 137 cm³/mol. The Morgan fingerprint density at radius 1 is 1.12 bits per heavy atom. The van der Waals surface area contributed by atoms with Crippen LogP contribution in [0.5, 0.6) is 0 Å². The topological polar surface area (TPSA) is 49.3 Å². The summed E-state index contributed by atoms with van der Waals surface area (Å²) >= 11 is 8.39. The van der Waals surface area contributed by atoms with E-state index in [1.807, 2.05) is 46.6 Å². The number of hydrogen-bond acceptors (Lipinski definition) is 5. The van der Waals surface area contributed by atoms with Crippen LogP contribution in [0.25, 0.3) is 10.2 Å². The number of aryl methyl sites for hydroxylation is 1. The van der Waals surface area contributed by atoms with Crippen LogP contribution in [0, 0.1) is 5.92 Å². The summed E-state index contributed by atoms with van der Waals surface area (Å²) in [6.07, 6.45) is 3.48. The Hall–Kier alpha value is -2.18. The van der Waals surface area contributed by atoms with Gasteiger partial charge in [0.05, 0.1) is 5.39 Å². The summed E-state index contributed by atoms with van der Waals surface area (Å²) in [7, 11) is 0. The van der Waals surface area contributed by atoms with E-state index in [9.17, 15) is 4.79 Å². The minimum atomic E-state index is -0.637. The molecule has 1 amide bonds. The minimum Gasteiger partial charge on any atom is -0.352 e. The van der Waals surface area contributed by atoms with E-state index >= 15 is 0 Å². The van der Waals surface area contributed by atoms with Gasteiger partial charge in [-0.3, -0.25) is 4.79 Å². The maximum absolute atomic E-state index is 13.0. The van der Waals surface area contributed by atoms with E-state index in [0.717, 1.165) is 53.9 Å². The molecule has 1 saturated heterocycles. The van der Waals surface area contributed by atoms with Crippen molar-refractivity contribution in [1.82, 2.24) is 14.9 Å². The Morgan fingerprint density at radius 3 is 2.55 bits per heavy atom. The first kappa shape index (κ1) is 22.6. The van der Waals surface area contributed by atoms with Crippen molar-refractivity contribution in [2.45, 2.75) is 51.3 Å². The molecule has 1 fully saturated rings. The second-order valence-electron chi connectivity index (χ2n) is 9.68. The maximum Gasteiger partial charge on any atom is 0.245 e. The molecule has 1 aliphatic carbocycles. The Labute approximate surface area is 204 Å². The molecule has 3 aromatic rings. The molecule has 0 radical (unpaired) electrons. The number of rotatable bonds is 4. The number of amides is 1. The van der Waals surface area contributed by atoms with Crippen LogP contribution in [0.15, 0.2) is 30.3 Å². The second-order valence-corrected chi connectivity index (χ2v) is 11.2. The van der Waals surface area contributed by atoms with Crippen LogP contribution >= 0.6 is 22.9 Å². The molecule has 33 heavy (non-hydrogen) atoms. The lowest BCUT2D eigenvalue weighted by atomic mass is 9.89. The van der Waals surface area contributed by atoms with Crippen LogP contribution in [0.2, 0.25) is 0 Å². The van der Waals surface area contributed by atoms with E-state index in [1.54, 1.807) is 0 Å². The van der Waals surface area contributed by atoms with E-state index in [1.165, 1.54) is 22.2 Å². The van der Waals surface area contributed by atoms with Crippen molar-refractivity contribution < 1.29 is 4.79 Å². The molecule has 2 aromatic heterocycles. The van der Waals surface area contributed by atoms with E-state index in [4.69, 9.17) is 21.6 Å². The number of piperazine rings is 1. The Kier molecular flexibility index (Phi) is 6.32. The number of carbonyl (C=O) groups is 1. The predicted octanol–water partition coefficient (Wildman–Crippen LogP) is 5.57. The van der Waals surface area contributed by atoms with Gasteiger partial charge in [-0.2, -0.15) is 0 Å². The molecule has 2 atom stereocenters. The van der Waals surface area contributed by atoms with Gasteiger partial charge >= 0.3 is 0 Å². The maximum atomic E-state index is 13.0. The Balaban J connectivity index is 1.40. The standard InChI is InChI=1S/C26H31ClN4OS/c1-16(2)23-28-24(21-19-10-9-17(3)15-20(19)33-25(21)29-23)30-11-13-31(14-12-30)26(32)22(27)18-7-5-4-6-8-18/h4-8,16-17,22H,9-15H2,1-3H3/t17-,22+/m1/s1. The molecule has 5 nitrogen and oxygen atoms in total. The van der Waals surface area contributed by atoms with E-state index in [0.29, 0.717) is 13.1 Å². The van der Waals surface area contributed by atoms with E-state index in [-0.39, 0.29) is 11.8 Å². The normalized spacial score (nSPS) is 19.7. The molecule has 1 aromatic carbocycles. The van der Waals surface area contributed by atoms with Crippen molar-refractivity contribution in [1.29, 1.82) is 0 Å². The van der Waals surface area contributed by atoms with Gasteiger partial charge in [0.25, 0.3) is 0 Å². The molecule has 2 aliphatic rings. The van der Waals surface area contributed by atoms with Gasteiger partial charge in [0, 0.05) is 37.0 Å². The number of aromatic nitrogens is 2. The summed E-state index contributed by atoms with van der Waals surface area (Å²) < 4.78 is 0. The third kappa shape index (κ3) is 4.35. The molecule has 0 saturated carbocycles. The van der Waals surface area contributed by atoms with Crippen molar-refractivity contribution in [3.8, 4) is 0 Å². The highest BCUT2D eigenvalue weighted by molar-refractivity contribution is 7.19. The fourth-order valence-corrected chi connectivity index (χ4v) is 6.56. The van der Waals surface area contributed by atoms with E-state index in [2.05, 4.69) is 25.7 Å². The van der Waals surface area contributed by atoms with Gasteiger partial charge in [-0.1, -0.05) is 51.1 Å². The lowest BCUT2D eigenvalue weighted by molar-refractivity contribution is -0.131. The number of alkyl halides is 1. The first-order valence-corrected chi connectivity index (χ1v) is 13.2. The highest BCUT2D eigenvalue weighted by Crippen LogP contribution is 2.41. The van der Waals surface area contributed by atoms with E-state index < -0.39 is 5.38 Å². The largest absolute Gasteiger partial charge is 0.352 e. The number of nitrogens with zero attached hydrogens (tertiary/aromatic N) is 4. The number of hydrogen-bond donors (Lipinski definition) is 0. The molecule has 7 heteroatoms. The number of carbonyl (C=O) groups excluding carboxylic acids is 1. The van der Waals surface area contributed by atoms with Gasteiger partial charge < -0.3 is 9.80 Å². The Bertz CT molecular complexity index is 1150. The molecular weight excluding hydrogens is 452 g/mol. The molecule has 1 aliphatic heterocycles. The van der Waals surface area contributed by atoms with Crippen LogP contribution in [0.3, 0.4) is 0 Å². The van der Waals surface area contributed by atoms with Gasteiger partial charge in [0.15, 0.2) is 0 Å². The summed E-state index contributed by atoms with van der Waals surface area (Å²) in [6.45, 7) is 9.48. The van der Waals surface area contributed by atoms with Gasteiger partial charge in [-0.15, -0.1) is 22.9 Å². The first-order valence-electron chi connectivity index (χ1n) is 12.0. The van der Waals surface area contributed by atoms with Crippen molar-refractivity contribution in [3.05, 3.63) is 52.2 Å². The number of thiophene rings is 1. The van der Waals surface area contributed by atoms with Crippen molar-refractivity contribution in [2.75, 3.05) is 31.1 Å². The second kappa shape index (κ2) is 9.22. The quantitative estimate of drug-likeness (QED) is 0.456. The average molecular weight is 483 g/mol. The zero-order chi connectivity index (χ0) is 23.1. The molecule has 5 rings (SSSR count). The fraction of sp³-hybridized carbons (Fsp3) is 0.500. The summed E-state index contributed by atoms with van der Waals surface area (Å²) in [6, 6.07) is 9.61. The lowest BCUT2D eigenvalue weighted by Crippen LogP contribution is -2.50. The lowest BCUT2D eigenvalue weighted by Gasteiger charge is -2.37. The van der Waals surface area contributed by atoms with Crippen LogP contribution in [-0.4, -0.2) is 47.0 Å². The summed E-state index contributed by atoms with van der Waals surface area (Å²) in [5.41, 5.74) is 2.31. The molecule has 0 N–H and O–H groups in total. The molecule has 0 bridgehead atoms. The molecular formula is C26H31ClN4OS. The molecule has 0 unspecified atom stereocenters. The van der Waals surface area contributed by atoms with Crippen molar-refractivity contribution in [3.63, 3.8) is 0 Å². The Morgan fingerprint density at radius 2 is 1.85 bits per heavy atom. The molecule has 0 spiro atoms. The highest BCUT2D eigenvalue weighted by Gasteiger charge is 2.31. The van der Waals surface area contributed by atoms with Crippen LogP contribution in [-0.2, 0) is 17.6 Å². The average Bonchev–Trinajstić information content (AvgIpc) is 3.20. The number of fused-ring (bicyclic) bond motifs is 3. The SMILES string of the molecule is CC(C)c1nc(N2CCN(C(=O)[C@@H](Cl)c3ccccc3)CC2)c2c3c(sc2n1)C[C@H](C)CC3. The highest BCUT2D eigenvalue weighted by atomic mass is 35.5. The van der Waals surface area contributed by atoms with Crippen LogP contribution < -0.4 is 4.90 Å². The third-order valence-electron chi connectivity index (χ3n) is 6.87. The van der Waals surface area contributed by atoms with Gasteiger partial charge in [-0.25, -0.2) is 9.97 Å². The first-order chi connectivity index (χ1) is 15.9. The third-order valence-corrected chi connectivity index (χ3v) is 8.46. The summed E-state index contributed by atoms with van der Waals surface area (Å²) in [5.74, 6) is 2.96. The van der Waals surface area contributed by atoms with Crippen molar-refractivity contribution in [2.24, 2.45) is 5.92 Å². The van der Waals surface area contributed by atoms with Gasteiger partial charge in [0.2, 0.25) is 5.91 Å². The number of halogens is 1. The fourth-order valence-electron chi connectivity index (χ4n) is 4.89. The molecule has 3 heterocycles. The number of benzene rings is 1.